The average molecular weight is 573 g/mol. The van der Waals surface area contributed by atoms with Crippen molar-refractivity contribution in [3.63, 3.8) is 0 Å². The molecule has 2 heterocycles. The summed E-state index contributed by atoms with van der Waals surface area (Å²) in [6.45, 7) is 3.85. The second-order valence-electron chi connectivity index (χ2n) is 8.51. The minimum Gasteiger partial charge on any atom is -0.497 e. The molecule has 0 saturated heterocycles. The number of hydrogen-bond acceptors (Lipinski definition) is 7. The molecular formula is C23H30F6N4O6. The fraction of sp³-hybridized carbons (Fsp3) is 0.522. The summed E-state index contributed by atoms with van der Waals surface area (Å²) in [6.07, 6.45) is -7.16. The highest BCUT2D eigenvalue weighted by Crippen LogP contribution is 2.27. The van der Waals surface area contributed by atoms with Gasteiger partial charge in [-0.2, -0.15) is 31.4 Å². The molecule has 0 bridgehead atoms. The average Bonchev–Trinajstić information content (AvgIpc) is 3.30. The maximum absolute atomic E-state index is 10.6. The maximum Gasteiger partial charge on any atom is 0.490 e. The van der Waals surface area contributed by atoms with E-state index < -0.39 is 24.3 Å². The van der Waals surface area contributed by atoms with Gasteiger partial charge in [-0.15, -0.1) is 0 Å². The molecule has 1 aliphatic heterocycles. The third-order valence-corrected chi connectivity index (χ3v) is 5.16. The number of rotatable bonds is 7. The first-order valence-electron chi connectivity index (χ1n) is 11.2. The smallest absolute Gasteiger partial charge is 0.490 e. The standard InChI is InChI=1S/C19H28N4O2.2C2HF3O2/c1-21(2)8-6-17-14-22(13-16-5-7-20-23(16)17)12-15-9-18(24-3)11-19(10-15)25-4;2*3-2(4,5)1(6)7/h5,7,9-11,17H,6,8,12-14H2,1-4H3;2*(H,6,7). The highest BCUT2D eigenvalue weighted by atomic mass is 19.4. The minimum atomic E-state index is -5.08. The molecule has 3 rings (SSSR count). The van der Waals surface area contributed by atoms with Crippen LogP contribution in [0.15, 0.2) is 30.5 Å². The van der Waals surface area contributed by atoms with Crippen LogP contribution < -0.4 is 9.47 Å². The van der Waals surface area contributed by atoms with E-state index in [9.17, 15) is 26.3 Å². The molecule has 220 valence electrons. The molecule has 1 atom stereocenters. The van der Waals surface area contributed by atoms with Gasteiger partial charge in [-0.1, -0.05) is 0 Å². The number of aliphatic carboxylic acids is 2. The van der Waals surface area contributed by atoms with Crippen molar-refractivity contribution >= 4 is 11.9 Å². The van der Waals surface area contributed by atoms with Crippen molar-refractivity contribution in [3.05, 3.63) is 41.7 Å². The predicted octanol–water partition coefficient (Wildman–Crippen LogP) is 3.68. The van der Waals surface area contributed by atoms with Crippen molar-refractivity contribution in [2.45, 2.75) is 37.9 Å². The molecule has 16 heteroatoms. The van der Waals surface area contributed by atoms with Gasteiger partial charge in [-0.25, -0.2) is 9.59 Å². The van der Waals surface area contributed by atoms with Crippen LogP contribution in [0.2, 0.25) is 0 Å². The summed E-state index contributed by atoms with van der Waals surface area (Å²) in [6, 6.07) is 8.62. The second kappa shape index (κ2) is 14.6. The van der Waals surface area contributed by atoms with Gasteiger partial charge in [0, 0.05) is 31.9 Å². The number of ether oxygens (including phenoxy) is 2. The van der Waals surface area contributed by atoms with Crippen LogP contribution in [0, 0.1) is 0 Å². The number of carboxylic acids is 2. The SMILES string of the molecule is COc1cc(CN2Cc3ccnn3C(CCN(C)C)C2)cc(OC)c1.O=C(O)C(F)(F)F.O=C(O)C(F)(F)F. The molecule has 39 heavy (non-hydrogen) atoms. The molecule has 1 aliphatic rings. The zero-order valence-electron chi connectivity index (χ0n) is 21.6. The van der Waals surface area contributed by atoms with Crippen LogP contribution in [0.25, 0.3) is 0 Å². The molecule has 1 unspecified atom stereocenters. The number of alkyl halides is 6. The summed E-state index contributed by atoms with van der Waals surface area (Å²) in [5.41, 5.74) is 2.49. The molecule has 10 nitrogen and oxygen atoms in total. The van der Waals surface area contributed by atoms with Gasteiger partial charge < -0.3 is 24.6 Å². The summed E-state index contributed by atoms with van der Waals surface area (Å²) in [5.74, 6) is -3.85. The van der Waals surface area contributed by atoms with Gasteiger partial charge >= 0.3 is 24.3 Å². The molecule has 0 saturated carbocycles. The molecule has 1 aromatic carbocycles. The van der Waals surface area contributed by atoms with Crippen molar-refractivity contribution in [2.24, 2.45) is 0 Å². The van der Waals surface area contributed by atoms with E-state index in [0.717, 1.165) is 44.1 Å². The van der Waals surface area contributed by atoms with E-state index in [1.165, 1.54) is 11.3 Å². The van der Waals surface area contributed by atoms with Gasteiger partial charge in [0.15, 0.2) is 0 Å². The third-order valence-electron chi connectivity index (χ3n) is 5.16. The van der Waals surface area contributed by atoms with Crippen LogP contribution in [0.1, 0.15) is 23.7 Å². The number of carbonyl (C=O) groups is 2. The van der Waals surface area contributed by atoms with Gasteiger partial charge in [-0.05, 0) is 50.8 Å². The highest BCUT2D eigenvalue weighted by molar-refractivity contribution is 5.73. The first-order chi connectivity index (χ1) is 18.0. The number of carboxylic acid groups (broad SMARTS) is 2. The van der Waals surface area contributed by atoms with Crippen LogP contribution >= 0.6 is 0 Å². The van der Waals surface area contributed by atoms with Gasteiger partial charge in [0.25, 0.3) is 0 Å². The van der Waals surface area contributed by atoms with E-state index in [4.69, 9.17) is 29.3 Å². The van der Waals surface area contributed by atoms with E-state index in [-0.39, 0.29) is 0 Å². The number of aromatic nitrogens is 2. The van der Waals surface area contributed by atoms with Crippen LogP contribution in [0.3, 0.4) is 0 Å². The molecule has 1 aromatic heterocycles. The molecule has 0 aliphatic carbocycles. The van der Waals surface area contributed by atoms with Gasteiger partial charge in [0.05, 0.1) is 26.0 Å². The monoisotopic (exact) mass is 572 g/mol. The third kappa shape index (κ3) is 11.8. The highest BCUT2D eigenvalue weighted by Gasteiger charge is 2.38. The lowest BCUT2D eigenvalue weighted by atomic mass is 10.1. The molecule has 2 N–H and O–H groups in total. The lowest BCUT2D eigenvalue weighted by molar-refractivity contribution is -0.193. The van der Waals surface area contributed by atoms with E-state index in [0.29, 0.717) is 6.04 Å². The topological polar surface area (TPSA) is 117 Å². The Bertz CT molecular complexity index is 1030. The molecule has 0 fully saturated rings. The Hall–Kier alpha value is -3.53. The predicted molar refractivity (Wildman–Crippen MR) is 125 cm³/mol. The Morgan fingerprint density at radius 3 is 1.90 bits per heavy atom. The molecular weight excluding hydrogens is 542 g/mol. The number of halogens is 6. The minimum absolute atomic E-state index is 0.411. The van der Waals surface area contributed by atoms with Crippen LogP contribution in [0.5, 0.6) is 11.5 Å². The van der Waals surface area contributed by atoms with Crippen molar-refractivity contribution < 1.29 is 55.6 Å². The van der Waals surface area contributed by atoms with Crippen molar-refractivity contribution in [3.8, 4) is 11.5 Å². The number of hydrogen-bond donors (Lipinski definition) is 2. The largest absolute Gasteiger partial charge is 0.497 e. The van der Waals surface area contributed by atoms with Crippen molar-refractivity contribution in [2.75, 3.05) is 41.4 Å². The van der Waals surface area contributed by atoms with Crippen molar-refractivity contribution in [1.82, 2.24) is 19.6 Å². The zero-order chi connectivity index (χ0) is 30.0. The molecule has 0 spiro atoms. The van der Waals surface area contributed by atoms with Crippen molar-refractivity contribution in [1.29, 1.82) is 0 Å². The Morgan fingerprint density at radius 1 is 1.00 bits per heavy atom. The molecule has 0 radical (unpaired) electrons. The van der Waals surface area contributed by atoms with E-state index in [1.807, 2.05) is 12.3 Å². The fourth-order valence-corrected chi connectivity index (χ4v) is 3.42. The summed E-state index contributed by atoms with van der Waals surface area (Å²) in [4.78, 5) is 22.5. The lowest BCUT2D eigenvalue weighted by Gasteiger charge is -2.34. The number of fused-ring (bicyclic) bond motifs is 1. The van der Waals surface area contributed by atoms with E-state index in [2.05, 4.69) is 51.9 Å². The summed E-state index contributed by atoms with van der Waals surface area (Å²) in [5, 5.41) is 18.8. The van der Waals surface area contributed by atoms with Gasteiger partial charge in [0.1, 0.15) is 11.5 Å². The Kier molecular flexibility index (Phi) is 12.5. The Morgan fingerprint density at radius 2 is 1.49 bits per heavy atom. The van der Waals surface area contributed by atoms with Gasteiger partial charge in [0.2, 0.25) is 0 Å². The quantitative estimate of drug-likeness (QED) is 0.480. The van der Waals surface area contributed by atoms with Crippen LogP contribution in [0.4, 0.5) is 26.3 Å². The fourth-order valence-electron chi connectivity index (χ4n) is 3.42. The van der Waals surface area contributed by atoms with E-state index >= 15 is 0 Å². The zero-order valence-corrected chi connectivity index (χ0v) is 21.6. The summed E-state index contributed by atoms with van der Waals surface area (Å²) < 4.78 is 76.5. The van der Waals surface area contributed by atoms with Gasteiger partial charge in [-0.3, -0.25) is 9.58 Å². The number of nitrogens with zero attached hydrogens (tertiary/aromatic N) is 4. The van der Waals surface area contributed by atoms with E-state index in [1.54, 1.807) is 14.2 Å². The van der Waals surface area contributed by atoms with Crippen LogP contribution in [-0.2, 0) is 22.7 Å². The second-order valence-corrected chi connectivity index (χ2v) is 8.51. The maximum atomic E-state index is 10.6. The molecule has 0 amide bonds. The number of benzene rings is 1. The summed E-state index contributed by atoms with van der Waals surface area (Å²) in [7, 11) is 7.62. The van der Waals surface area contributed by atoms with Crippen LogP contribution in [-0.4, -0.2) is 95.5 Å². The Balaban J connectivity index is 0.000000449. The normalized spacial score (nSPS) is 15.3. The molecule has 2 aromatic rings. The number of methoxy groups -OCH3 is 2. The lowest BCUT2D eigenvalue weighted by Crippen LogP contribution is -2.38. The Labute approximate surface area is 220 Å². The summed E-state index contributed by atoms with van der Waals surface area (Å²) >= 11 is 0. The first-order valence-corrected chi connectivity index (χ1v) is 11.2. The first kappa shape index (κ1) is 33.5.